The number of anilines is 3. The van der Waals surface area contributed by atoms with Crippen LogP contribution in [0.3, 0.4) is 0 Å². The molecule has 0 saturated heterocycles. The van der Waals surface area contributed by atoms with Crippen molar-refractivity contribution in [1.29, 1.82) is 0 Å². The molecule has 0 saturated carbocycles. The first-order valence-electron chi connectivity index (χ1n) is 10.6. The van der Waals surface area contributed by atoms with Gasteiger partial charge in [0.15, 0.2) is 0 Å². The van der Waals surface area contributed by atoms with Gasteiger partial charge < -0.3 is 4.90 Å². The van der Waals surface area contributed by atoms with E-state index in [4.69, 9.17) is 0 Å². The Balaban J connectivity index is 1.61. The number of benzene rings is 3. The molecule has 4 rings (SSSR count). The molecular formula is C24H25N3O5S2. The van der Waals surface area contributed by atoms with E-state index in [1.807, 2.05) is 13.0 Å². The van der Waals surface area contributed by atoms with E-state index in [2.05, 4.69) is 9.44 Å². The fourth-order valence-electron chi connectivity index (χ4n) is 3.96. The average molecular weight is 500 g/mol. The van der Waals surface area contributed by atoms with Gasteiger partial charge in [0.2, 0.25) is 5.91 Å². The molecule has 0 atom stereocenters. The standard InChI is InChI=1S/C24H25N3O5S2/c1-16-5-4-6-20(13-16)26-34(31,32)24-15-21(8-7-17(24)2)25-33(29,30)22-9-10-23-19(14-22)11-12-27(23)18(3)28/h4-10,13-15,25-26H,11-12H2,1-3H3. The predicted molar refractivity (Wildman–Crippen MR) is 132 cm³/mol. The summed E-state index contributed by atoms with van der Waals surface area (Å²) in [7, 11) is -7.93. The number of carbonyl (C=O) groups excluding carboxylic acids is 1. The quantitative estimate of drug-likeness (QED) is 0.536. The number of sulfonamides is 2. The molecule has 1 aliphatic heterocycles. The minimum absolute atomic E-state index is 0.0275. The van der Waals surface area contributed by atoms with Crippen molar-refractivity contribution in [2.75, 3.05) is 20.9 Å². The number of aryl methyl sites for hydroxylation is 2. The summed E-state index contributed by atoms with van der Waals surface area (Å²) in [6.07, 6.45) is 0.565. The second-order valence-corrected chi connectivity index (χ2v) is 11.6. The van der Waals surface area contributed by atoms with Gasteiger partial charge in [-0.2, -0.15) is 0 Å². The Morgan fingerprint density at radius 2 is 1.56 bits per heavy atom. The molecule has 178 valence electrons. The maximum Gasteiger partial charge on any atom is 0.262 e. The largest absolute Gasteiger partial charge is 0.312 e. The molecule has 1 aliphatic rings. The van der Waals surface area contributed by atoms with Crippen molar-refractivity contribution in [1.82, 2.24) is 0 Å². The van der Waals surface area contributed by atoms with E-state index in [1.54, 1.807) is 48.2 Å². The fraction of sp³-hybridized carbons (Fsp3) is 0.208. The average Bonchev–Trinajstić information content (AvgIpc) is 3.18. The molecule has 1 amide bonds. The van der Waals surface area contributed by atoms with Crippen molar-refractivity contribution in [3.63, 3.8) is 0 Å². The number of hydrogen-bond acceptors (Lipinski definition) is 5. The molecule has 2 N–H and O–H groups in total. The highest BCUT2D eigenvalue weighted by Crippen LogP contribution is 2.31. The van der Waals surface area contributed by atoms with Gasteiger partial charge >= 0.3 is 0 Å². The van der Waals surface area contributed by atoms with Crippen LogP contribution in [0, 0.1) is 13.8 Å². The summed E-state index contributed by atoms with van der Waals surface area (Å²) in [6, 6.07) is 15.9. The van der Waals surface area contributed by atoms with Crippen molar-refractivity contribution in [2.24, 2.45) is 0 Å². The molecular weight excluding hydrogens is 474 g/mol. The maximum absolute atomic E-state index is 13.0. The number of carbonyl (C=O) groups is 1. The van der Waals surface area contributed by atoms with Gasteiger partial charge in [-0.25, -0.2) is 16.8 Å². The van der Waals surface area contributed by atoms with Crippen LogP contribution in [-0.2, 0) is 31.3 Å². The Hall–Kier alpha value is -3.37. The number of amides is 1. The molecule has 0 aliphatic carbocycles. The lowest BCUT2D eigenvalue weighted by Gasteiger charge is -2.16. The van der Waals surface area contributed by atoms with Crippen LogP contribution in [0.4, 0.5) is 17.1 Å². The lowest BCUT2D eigenvalue weighted by molar-refractivity contribution is -0.116. The second-order valence-electron chi connectivity index (χ2n) is 8.27. The van der Waals surface area contributed by atoms with Crippen LogP contribution in [0.15, 0.2) is 70.5 Å². The monoisotopic (exact) mass is 499 g/mol. The van der Waals surface area contributed by atoms with Gasteiger partial charge in [0.1, 0.15) is 0 Å². The SMILES string of the molecule is CC(=O)N1CCc2cc(S(=O)(=O)Nc3ccc(C)c(S(=O)(=O)Nc4cccc(C)c4)c3)ccc21. The van der Waals surface area contributed by atoms with Gasteiger partial charge in [-0.05, 0) is 79.4 Å². The van der Waals surface area contributed by atoms with Crippen LogP contribution in [-0.4, -0.2) is 29.3 Å². The van der Waals surface area contributed by atoms with E-state index in [1.165, 1.54) is 25.1 Å². The third-order valence-electron chi connectivity index (χ3n) is 5.64. The first-order valence-corrected chi connectivity index (χ1v) is 13.6. The summed E-state index contributed by atoms with van der Waals surface area (Å²) in [5.74, 6) is -0.0971. The van der Waals surface area contributed by atoms with Crippen molar-refractivity contribution >= 4 is 43.0 Å². The number of hydrogen-bond donors (Lipinski definition) is 2. The van der Waals surface area contributed by atoms with Gasteiger partial charge in [-0.15, -0.1) is 0 Å². The highest BCUT2D eigenvalue weighted by Gasteiger charge is 2.25. The highest BCUT2D eigenvalue weighted by atomic mass is 32.2. The number of nitrogens with zero attached hydrogens (tertiary/aromatic N) is 1. The lowest BCUT2D eigenvalue weighted by Crippen LogP contribution is -2.25. The van der Waals surface area contributed by atoms with Gasteiger partial charge in [-0.1, -0.05) is 18.2 Å². The van der Waals surface area contributed by atoms with Gasteiger partial charge in [0, 0.05) is 24.8 Å². The predicted octanol–water partition coefficient (Wildman–Crippen LogP) is 3.81. The normalized spacial score (nSPS) is 13.4. The van der Waals surface area contributed by atoms with E-state index in [-0.39, 0.29) is 21.4 Å². The Morgan fingerprint density at radius 1 is 0.853 bits per heavy atom. The zero-order chi connectivity index (χ0) is 24.7. The van der Waals surface area contributed by atoms with E-state index in [0.717, 1.165) is 11.1 Å². The molecule has 0 spiro atoms. The number of rotatable bonds is 6. The molecule has 0 radical (unpaired) electrons. The Bertz CT molecular complexity index is 1500. The Kier molecular flexibility index (Phi) is 6.13. The maximum atomic E-state index is 13.0. The van der Waals surface area contributed by atoms with Crippen molar-refractivity contribution < 1.29 is 21.6 Å². The van der Waals surface area contributed by atoms with Gasteiger partial charge in [-0.3, -0.25) is 14.2 Å². The fourth-order valence-corrected chi connectivity index (χ4v) is 6.38. The van der Waals surface area contributed by atoms with Gasteiger partial charge in [0.25, 0.3) is 20.0 Å². The first kappa shape index (κ1) is 23.8. The zero-order valence-corrected chi connectivity index (χ0v) is 20.6. The van der Waals surface area contributed by atoms with E-state index < -0.39 is 20.0 Å². The molecule has 8 nitrogen and oxygen atoms in total. The molecule has 0 bridgehead atoms. The molecule has 1 heterocycles. The molecule has 34 heavy (non-hydrogen) atoms. The molecule has 0 aromatic heterocycles. The van der Waals surface area contributed by atoms with Crippen LogP contribution in [0.25, 0.3) is 0 Å². The van der Waals surface area contributed by atoms with Crippen LogP contribution in [0.2, 0.25) is 0 Å². The Labute approximate surface area is 199 Å². The smallest absolute Gasteiger partial charge is 0.262 e. The summed E-state index contributed by atoms with van der Waals surface area (Å²) in [4.78, 5) is 13.4. The molecule has 3 aromatic rings. The zero-order valence-electron chi connectivity index (χ0n) is 19.0. The minimum Gasteiger partial charge on any atom is -0.312 e. The second kappa shape index (κ2) is 8.77. The molecule has 3 aromatic carbocycles. The van der Waals surface area contributed by atoms with Crippen LogP contribution < -0.4 is 14.3 Å². The molecule has 10 heteroatoms. The minimum atomic E-state index is -3.98. The lowest BCUT2D eigenvalue weighted by atomic mass is 10.2. The highest BCUT2D eigenvalue weighted by molar-refractivity contribution is 7.93. The summed E-state index contributed by atoms with van der Waals surface area (Å²) >= 11 is 0. The van der Waals surface area contributed by atoms with E-state index >= 15 is 0 Å². The van der Waals surface area contributed by atoms with Crippen LogP contribution in [0.1, 0.15) is 23.6 Å². The van der Waals surface area contributed by atoms with E-state index in [9.17, 15) is 21.6 Å². The third kappa shape index (κ3) is 4.78. The summed E-state index contributed by atoms with van der Waals surface area (Å²) in [6.45, 7) is 5.48. The first-order chi connectivity index (χ1) is 16.0. The summed E-state index contributed by atoms with van der Waals surface area (Å²) in [5.41, 5.74) is 3.40. The number of fused-ring (bicyclic) bond motifs is 1. The van der Waals surface area contributed by atoms with E-state index in [0.29, 0.717) is 29.9 Å². The van der Waals surface area contributed by atoms with Crippen LogP contribution >= 0.6 is 0 Å². The number of nitrogens with one attached hydrogen (secondary N) is 2. The van der Waals surface area contributed by atoms with Crippen molar-refractivity contribution in [3.8, 4) is 0 Å². The summed E-state index contributed by atoms with van der Waals surface area (Å²) < 4.78 is 57.1. The van der Waals surface area contributed by atoms with Gasteiger partial charge in [0.05, 0.1) is 15.5 Å². The van der Waals surface area contributed by atoms with Crippen molar-refractivity contribution in [2.45, 2.75) is 37.0 Å². The topological polar surface area (TPSA) is 113 Å². The van der Waals surface area contributed by atoms with Crippen molar-refractivity contribution in [3.05, 3.63) is 77.4 Å². The molecule has 0 unspecified atom stereocenters. The Morgan fingerprint density at radius 3 is 2.26 bits per heavy atom. The molecule has 0 fully saturated rings. The summed E-state index contributed by atoms with van der Waals surface area (Å²) in [5, 5.41) is 0. The van der Waals surface area contributed by atoms with Crippen LogP contribution in [0.5, 0.6) is 0 Å². The third-order valence-corrected chi connectivity index (χ3v) is 8.54.